The van der Waals surface area contributed by atoms with Gasteiger partial charge in [-0.25, -0.2) is 13.4 Å². The van der Waals surface area contributed by atoms with Crippen LogP contribution in [0.15, 0.2) is 23.2 Å². The van der Waals surface area contributed by atoms with Gasteiger partial charge in [0.2, 0.25) is 10.0 Å². The molecule has 0 spiro atoms. The van der Waals surface area contributed by atoms with Crippen LogP contribution in [0, 0.1) is 5.41 Å². The summed E-state index contributed by atoms with van der Waals surface area (Å²) in [6.07, 6.45) is 4.51. The second-order valence-electron chi connectivity index (χ2n) is 6.41. The third-order valence-corrected chi connectivity index (χ3v) is 5.63. The van der Waals surface area contributed by atoms with Gasteiger partial charge in [-0.1, -0.05) is 20.8 Å². The van der Waals surface area contributed by atoms with Crippen molar-refractivity contribution >= 4 is 15.8 Å². The quantitative estimate of drug-likeness (QED) is 0.908. The normalized spacial score (nSPS) is 19.4. The Morgan fingerprint density at radius 1 is 1.43 bits per heavy atom. The predicted octanol–water partition coefficient (Wildman–Crippen LogP) is 2.71. The highest BCUT2D eigenvalue weighted by molar-refractivity contribution is 7.89. The summed E-state index contributed by atoms with van der Waals surface area (Å²) in [5.41, 5.74) is 0.0433. The Morgan fingerprint density at radius 2 is 2.19 bits per heavy atom. The van der Waals surface area contributed by atoms with Crippen LogP contribution in [0.2, 0.25) is 0 Å². The van der Waals surface area contributed by atoms with Crippen molar-refractivity contribution in [3.05, 3.63) is 18.3 Å². The molecule has 0 aromatic carbocycles. The van der Waals surface area contributed by atoms with Crippen molar-refractivity contribution in [1.29, 1.82) is 0 Å². The third-order valence-electron chi connectivity index (χ3n) is 3.79. The summed E-state index contributed by atoms with van der Waals surface area (Å²) in [6.45, 7) is 8.27. The summed E-state index contributed by atoms with van der Waals surface area (Å²) < 4.78 is 27.1. The fraction of sp³-hybridized carbons (Fsp3) is 0.667. The lowest BCUT2D eigenvalue weighted by atomic mass is 9.85. The summed E-state index contributed by atoms with van der Waals surface area (Å²) in [6, 6.07) is 3.21. The molecule has 0 atom stereocenters. The van der Waals surface area contributed by atoms with E-state index in [9.17, 15) is 8.42 Å². The lowest BCUT2D eigenvalue weighted by molar-refractivity contribution is 0.187. The molecule has 21 heavy (non-hydrogen) atoms. The van der Waals surface area contributed by atoms with Crippen LogP contribution < -0.4 is 5.32 Å². The molecule has 0 saturated carbocycles. The van der Waals surface area contributed by atoms with Gasteiger partial charge in [-0.05, 0) is 30.7 Å². The van der Waals surface area contributed by atoms with Crippen LogP contribution in [0.3, 0.4) is 0 Å². The average molecular weight is 311 g/mol. The van der Waals surface area contributed by atoms with Gasteiger partial charge >= 0.3 is 0 Å². The monoisotopic (exact) mass is 311 g/mol. The average Bonchev–Trinajstić information content (AvgIpc) is 2.44. The molecule has 0 unspecified atom stereocenters. The standard InChI is InChI=1S/C15H25N3O2S/c1-4-8-16-14-11-13(6-9-17-14)21(19,20)18-10-5-7-15(2,3)12-18/h6,9,11H,4-5,7-8,10,12H2,1-3H3,(H,16,17). The van der Waals surface area contributed by atoms with Crippen molar-refractivity contribution in [1.82, 2.24) is 9.29 Å². The summed E-state index contributed by atoms with van der Waals surface area (Å²) in [5, 5.41) is 3.13. The van der Waals surface area contributed by atoms with Gasteiger partial charge in [-0.2, -0.15) is 4.31 Å². The largest absolute Gasteiger partial charge is 0.370 e. The molecule has 1 N–H and O–H groups in total. The number of pyridine rings is 1. The number of hydrogen-bond acceptors (Lipinski definition) is 4. The number of nitrogens with one attached hydrogen (secondary N) is 1. The van der Waals surface area contributed by atoms with Gasteiger partial charge in [0.15, 0.2) is 0 Å². The molecule has 1 aliphatic heterocycles. The molecule has 2 heterocycles. The van der Waals surface area contributed by atoms with Crippen molar-refractivity contribution in [2.75, 3.05) is 25.0 Å². The van der Waals surface area contributed by atoms with E-state index in [0.29, 0.717) is 23.8 Å². The summed E-state index contributed by atoms with van der Waals surface area (Å²) in [5.74, 6) is 0.620. The maximum atomic E-state index is 12.8. The fourth-order valence-electron chi connectivity index (χ4n) is 2.65. The highest BCUT2D eigenvalue weighted by atomic mass is 32.2. The lowest BCUT2D eigenvalue weighted by Gasteiger charge is -2.37. The van der Waals surface area contributed by atoms with Gasteiger partial charge in [-0.15, -0.1) is 0 Å². The van der Waals surface area contributed by atoms with E-state index in [1.807, 2.05) is 0 Å². The van der Waals surface area contributed by atoms with Crippen LogP contribution in [0.25, 0.3) is 0 Å². The Kier molecular flexibility index (Phi) is 4.88. The lowest BCUT2D eigenvalue weighted by Crippen LogP contribution is -2.43. The molecule has 1 fully saturated rings. The second kappa shape index (κ2) is 6.32. The SMILES string of the molecule is CCCNc1cc(S(=O)(=O)N2CCCC(C)(C)C2)ccn1. The number of anilines is 1. The van der Waals surface area contributed by atoms with Gasteiger partial charge in [-0.3, -0.25) is 0 Å². The Morgan fingerprint density at radius 3 is 2.86 bits per heavy atom. The molecule has 1 aromatic heterocycles. The number of aromatic nitrogens is 1. The number of piperidine rings is 1. The second-order valence-corrected chi connectivity index (χ2v) is 8.35. The zero-order valence-corrected chi connectivity index (χ0v) is 13.9. The van der Waals surface area contributed by atoms with E-state index in [2.05, 4.69) is 31.1 Å². The smallest absolute Gasteiger partial charge is 0.243 e. The van der Waals surface area contributed by atoms with Crippen LogP contribution in [0.1, 0.15) is 40.0 Å². The Balaban J connectivity index is 2.23. The van der Waals surface area contributed by atoms with Gasteiger partial charge in [0.25, 0.3) is 0 Å². The topological polar surface area (TPSA) is 62.3 Å². The Labute approximate surface area is 127 Å². The van der Waals surface area contributed by atoms with E-state index in [0.717, 1.165) is 25.8 Å². The first kappa shape index (κ1) is 16.2. The first-order valence-electron chi connectivity index (χ1n) is 7.55. The molecular weight excluding hydrogens is 286 g/mol. The van der Waals surface area contributed by atoms with Crippen molar-refractivity contribution in [2.24, 2.45) is 5.41 Å². The summed E-state index contributed by atoms with van der Waals surface area (Å²) >= 11 is 0. The molecule has 1 aromatic rings. The molecule has 0 bridgehead atoms. The van der Waals surface area contributed by atoms with Crippen LogP contribution in [-0.4, -0.2) is 37.3 Å². The third kappa shape index (κ3) is 3.95. The predicted molar refractivity (Wildman–Crippen MR) is 84.8 cm³/mol. The first-order valence-corrected chi connectivity index (χ1v) is 8.99. The number of rotatable bonds is 5. The first-order chi connectivity index (χ1) is 9.85. The Bertz CT molecular complexity index is 584. The molecule has 118 valence electrons. The van der Waals surface area contributed by atoms with Crippen LogP contribution >= 0.6 is 0 Å². The van der Waals surface area contributed by atoms with Crippen molar-refractivity contribution in [3.8, 4) is 0 Å². The highest BCUT2D eigenvalue weighted by Crippen LogP contribution is 2.31. The van der Waals surface area contributed by atoms with E-state index in [-0.39, 0.29) is 5.41 Å². The summed E-state index contributed by atoms with van der Waals surface area (Å²) in [4.78, 5) is 4.50. The van der Waals surface area contributed by atoms with Gasteiger partial charge in [0.1, 0.15) is 5.82 Å². The number of hydrogen-bond donors (Lipinski definition) is 1. The molecule has 5 nitrogen and oxygen atoms in total. The van der Waals surface area contributed by atoms with Crippen LogP contribution in [0.5, 0.6) is 0 Å². The maximum absolute atomic E-state index is 12.8. The Hall–Kier alpha value is -1.14. The molecule has 1 aliphatic rings. The van der Waals surface area contributed by atoms with Crippen LogP contribution in [0.4, 0.5) is 5.82 Å². The number of nitrogens with zero attached hydrogens (tertiary/aromatic N) is 2. The minimum absolute atomic E-state index is 0.0433. The fourth-order valence-corrected chi connectivity index (χ4v) is 4.33. The summed E-state index contributed by atoms with van der Waals surface area (Å²) in [7, 11) is -3.43. The number of sulfonamides is 1. The van der Waals surface area contributed by atoms with Gasteiger partial charge in [0.05, 0.1) is 4.90 Å². The molecular formula is C15H25N3O2S. The highest BCUT2D eigenvalue weighted by Gasteiger charge is 2.34. The molecule has 6 heteroatoms. The van der Waals surface area contributed by atoms with E-state index in [1.165, 1.54) is 0 Å². The molecule has 0 aliphatic carbocycles. The zero-order valence-electron chi connectivity index (χ0n) is 13.1. The maximum Gasteiger partial charge on any atom is 0.243 e. The zero-order chi connectivity index (χ0) is 15.5. The molecule has 1 saturated heterocycles. The van der Waals surface area contributed by atoms with Gasteiger partial charge in [0, 0.05) is 31.9 Å². The minimum atomic E-state index is -3.43. The van der Waals surface area contributed by atoms with E-state index >= 15 is 0 Å². The van der Waals surface area contributed by atoms with E-state index in [1.54, 1.807) is 22.6 Å². The van der Waals surface area contributed by atoms with E-state index < -0.39 is 10.0 Å². The van der Waals surface area contributed by atoms with E-state index in [4.69, 9.17) is 0 Å². The molecule has 2 rings (SSSR count). The van der Waals surface area contributed by atoms with Gasteiger partial charge < -0.3 is 5.32 Å². The van der Waals surface area contributed by atoms with Crippen molar-refractivity contribution in [3.63, 3.8) is 0 Å². The molecule has 0 amide bonds. The van der Waals surface area contributed by atoms with Crippen molar-refractivity contribution in [2.45, 2.75) is 44.9 Å². The van der Waals surface area contributed by atoms with Crippen molar-refractivity contribution < 1.29 is 8.42 Å². The van der Waals surface area contributed by atoms with Crippen LogP contribution in [-0.2, 0) is 10.0 Å². The minimum Gasteiger partial charge on any atom is -0.370 e. The molecule has 0 radical (unpaired) electrons.